The van der Waals surface area contributed by atoms with Crippen LogP contribution >= 0.6 is 0 Å². The average Bonchev–Trinajstić information content (AvgIpc) is 0.722. The SMILES string of the molecule is O=S(=O)(O)O.[H-].[H-].[H-].[H-].[Na+].[Na+].[Na+].[Na+]. The third-order valence-electron chi connectivity index (χ3n) is 0. The van der Waals surface area contributed by atoms with Gasteiger partial charge in [0.25, 0.3) is 0 Å². The molecule has 0 aliphatic carbocycles. The van der Waals surface area contributed by atoms with Crippen molar-refractivity contribution in [3.63, 3.8) is 0 Å². The zero-order valence-electron chi connectivity index (χ0n) is 10.1. The van der Waals surface area contributed by atoms with Gasteiger partial charge in [-0.3, -0.25) is 9.11 Å². The molecular formula is H6Na4O4S. The number of hydrogen-bond donors (Lipinski definition) is 2. The van der Waals surface area contributed by atoms with Gasteiger partial charge in [-0.25, -0.2) is 0 Å². The standard InChI is InChI=1S/4Na.H2O4S.4H/c;;;;1-5(2,3)4;;;;/h;;;;(H2,1,2,3,4);;;;/q4*+1;;4*-1. The topological polar surface area (TPSA) is 74.6 Å². The first kappa shape index (κ1) is 29.3. The fourth-order valence-electron chi connectivity index (χ4n) is 0. The molecule has 0 atom stereocenters. The molecule has 0 heterocycles. The molecule has 0 amide bonds. The van der Waals surface area contributed by atoms with Gasteiger partial charge in [-0.05, 0) is 0 Å². The van der Waals surface area contributed by atoms with E-state index in [-0.39, 0.29) is 124 Å². The van der Waals surface area contributed by atoms with Crippen LogP contribution in [0.25, 0.3) is 0 Å². The summed E-state index contributed by atoms with van der Waals surface area (Å²) >= 11 is 0. The Morgan fingerprint density at radius 1 is 0.889 bits per heavy atom. The monoisotopic (exact) mass is 194 g/mol. The molecule has 4 nitrogen and oxygen atoms in total. The van der Waals surface area contributed by atoms with E-state index in [9.17, 15) is 0 Å². The van der Waals surface area contributed by atoms with Crippen molar-refractivity contribution in [1.29, 1.82) is 0 Å². The van der Waals surface area contributed by atoms with Crippen molar-refractivity contribution in [2.75, 3.05) is 0 Å². The van der Waals surface area contributed by atoms with E-state index in [0.717, 1.165) is 0 Å². The molecule has 0 unspecified atom stereocenters. The molecule has 0 aliphatic rings. The second-order valence-corrected chi connectivity index (χ2v) is 1.34. The Labute approximate surface area is 149 Å². The smallest absolute Gasteiger partial charge is 1.00 e. The van der Waals surface area contributed by atoms with Crippen LogP contribution < -0.4 is 118 Å². The first-order valence-corrected chi connectivity index (χ1v) is 2.10. The van der Waals surface area contributed by atoms with Gasteiger partial charge in [0.2, 0.25) is 0 Å². The fourth-order valence-corrected chi connectivity index (χ4v) is 0. The summed E-state index contributed by atoms with van der Waals surface area (Å²) in [4.78, 5) is 0. The molecule has 0 saturated carbocycles. The Balaban J connectivity index is -0.00000000286. The van der Waals surface area contributed by atoms with Gasteiger partial charge < -0.3 is 5.71 Å². The Morgan fingerprint density at radius 3 is 0.889 bits per heavy atom. The van der Waals surface area contributed by atoms with E-state index in [1.54, 1.807) is 0 Å². The molecular weight excluding hydrogens is 188 g/mol. The molecule has 2 N–H and O–H groups in total. The average molecular weight is 194 g/mol. The van der Waals surface area contributed by atoms with Crippen LogP contribution in [0, 0.1) is 0 Å². The van der Waals surface area contributed by atoms with Gasteiger partial charge in [0.1, 0.15) is 0 Å². The van der Waals surface area contributed by atoms with Gasteiger partial charge in [0.15, 0.2) is 0 Å². The van der Waals surface area contributed by atoms with E-state index in [0.29, 0.717) is 0 Å². The maximum Gasteiger partial charge on any atom is 1.00 e. The Kier molecular flexibility index (Phi) is 46.8. The zero-order valence-corrected chi connectivity index (χ0v) is 14.9. The second-order valence-electron chi connectivity index (χ2n) is 0.448. The van der Waals surface area contributed by atoms with Crippen LogP contribution in [0.15, 0.2) is 0 Å². The van der Waals surface area contributed by atoms with Crippen molar-refractivity contribution in [3.8, 4) is 0 Å². The quantitative estimate of drug-likeness (QED) is 0.296. The molecule has 0 aromatic heterocycles. The molecule has 9 heteroatoms. The zero-order chi connectivity index (χ0) is 4.50. The summed E-state index contributed by atoms with van der Waals surface area (Å²) in [6, 6.07) is 0. The van der Waals surface area contributed by atoms with E-state index < -0.39 is 10.4 Å². The predicted octanol–water partition coefficient (Wildman–Crippen LogP) is -12.2. The van der Waals surface area contributed by atoms with Crippen LogP contribution in [0.4, 0.5) is 0 Å². The van der Waals surface area contributed by atoms with E-state index in [4.69, 9.17) is 17.5 Å². The molecule has 0 aromatic rings. The van der Waals surface area contributed by atoms with Gasteiger partial charge in [-0.15, -0.1) is 0 Å². The van der Waals surface area contributed by atoms with Gasteiger partial charge in [0.05, 0.1) is 0 Å². The maximum atomic E-state index is 8.74. The second kappa shape index (κ2) is 14.4. The minimum atomic E-state index is -4.67. The minimum Gasteiger partial charge on any atom is -1.00 e. The maximum absolute atomic E-state index is 8.74. The molecule has 0 saturated heterocycles. The Hall–Kier alpha value is 3.87. The molecule has 0 rings (SSSR count). The minimum absolute atomic E-state index is 0. The van der Waals surface area contributed by atoms with Gasteiger partial charge in [0, 0.05) is 0 Å². The van der Waals surface area contributed by atoms with E-state index >= 15 is 0 Å². The van der Waals surface area contributed by atoms with Crippen molar-refractivity contribution < 1.29 is 141 Å². The van der Waals surface area contributed by atoms with Crippen LogP contribution in [-0.2, 0) is 10.4 Å². The molecule has 9 heavy (non-hydrogen) atoms. The molecule has 0 fully saturated rings. The van der Waals surface area contributed by atoms with Gasteiger partial charge in [-0.1, -0.05) is 0 Å². The molecule has 0 radical (unpaired) electrons. The van der Waals surface area contributed by atoms with Crippen molar-refractivity contribution in [1.82, 2.24) is 0 Å². The van der Waals surface area contributed by atoms with Crippen LogP contribution in [0.1, 0.15) is 5.71 Å². The molecule has 0 bridgehead atoms. The fraction of sp³-hybridized carbons (Fsp3) is 0. The largest absolute Gasteiger partial charge is 1.00 e. The summed E-state index contributed by atoms with van der Waals surface area (Å²) in [7, 11) is -4.67. The summed E-state index contributed by atoms with van der Waals surface area (Å²) in [5.74, 6) is 0. The van der Waals surface area contributed by atoms with Crippen LogP contribution in [-0.4, -0.2) is 17.5 Å². The van der Waals surface area contributed by atoms with E-state index in [2.05, 4.69) is 0 Å². The van der Waals surface area contributed by atoms with Crippen LogP contribution in [0.3, 0.4) is 0 Å². The molecule has 0 aliphatic heterocycles. The first-order valence-electron chi connectivity index (χ1n) is 0.698. The summed E-state index contributed by atoms with van der Waals surface area (Å²) in [5.41, 5.74) is 0. The van der Waals surface area contributed by atoms with Crippen LogP contribution in [0.2, 0.25) is 0 Å². The summed E-state index contributed by atoms with van der Waals surface area (Å²) < 4.78 is 31.6. The number of rotatable bonds is 0. The predicted molar refractivity (Wildman–Crippen MR) is 18.6 cm³/mol. The van der Waals surface area contributed by atoms with Gasteiger partial charge >= 0.3 is 129 Å². The summed E-state index contributed by atoms with van der Waals surface area (Å²) in [6.45, 7) is 0. The summed E-state index contributed by atoms with van der Waals surface area (Å²) in [6.07, 6.45) is 0. The first-order chi connectivity index (χ1) is 2.00. The van der Waals surface area contributed by atoms with E-state index in [1.165, 1.54) is 0 Å². The Morgan fingerprint density at radius 2 is 0.889 bits per heavy atom. The van der Waals surface area contributed by atoms with Crippen molar-refractivity contribution in [2.24, 2.45) is 0 Å². The third-order valence-corrected chi connectivity index (χ3v) is 0. The van der Waals surface area contributed by atoms with Gasteiger partial charge in [-0.2, -0.15) is 8.42 Å². The number of hydrogen-bond acceptors (Lipinski definition) is 2. The van der Waals surface area contributed by atoms with Crippen LogP contribution in [0.5, 0.6) is 0 Å². The third kappa shape index (κ3) is 77.2. The summed E-state index contributed by atoms with van der Waals surface area (Å²) in [5, 5.41) is 0. The van der Waals surface area contributed by atoms with Crippen molar-refractivity contribution >= 4 is 10.4 Å². The normalized spacial score (nSPS) is 6.44. The molecule has 0 spiro atoms. The Bertz CT molecular complexity index is 107. The van der Waals surface area contributed by atoms with Crippen molar-refractivity contribution in [3.05, 3.63) is 0 Å². The molecule has 0 aromatic carbocycles. The van der Waals surface area contributed by atoms with Crippen molar-refractivity contribution in [2.45, 2.75) is 0 Å². The molecule has 40 valence electrons. The van der Waals surface area contributed by atoms with E-state index in [1.807, 2.05) is 0 Å².